The largest absolute Gasteiger partial charge is 0.493 e. The zero-order valence-electron chi connectivity index (χ0n) is 12.2. The summed E-state index contributed by atoms with van der Waals surface area (Å²) in [6, 6.07) is 4.18. The van der Waals surface area contributed by atoms with Gasteiger partial charge in [0.25, 0.3) is 0 Å². The number of carbonyl (C=O) groups is 1. The Morgan fingerprint density at radius 3 is 2.95 bits per heavy atom. The Labute approximate surface area is 134 Å². The minimum Gasteiger partial charge on any atom is -0.493 e. The summed E-state index contributed by atoms with van der Waals surface area (Å²) in [6.07, 6.45) is 7.72. The molecule has 112 valence electrons. The number of halogens is 1. The number of rotatable bonds is 4. The smallest absolute Gasteiger partial charge is 0.137 e. The van der Waals surface area contributed by atoms with Gasteiger partial charge in [-0.25, -0.2) is 0 Å². The SMILES string of the molecule is O=C(Cc1cc(Br)cc2c1OCC2)CC1CC2CCC1C2. The molecule has 0 amide bonds. The maximum atomic E-state index is 12.5. The van der Waals surface area contributed by atoms with Gasteiger partial charge in [0.1, 0.15) is 11.5 Å². The fourth-order valence-electron chi connectivity index (χ4n) is 4.68. The Balaban J connectivity index is 1.45. The molecule has 0 saturated heterocycles. The van der Waals surface area contributed by atoms with Crippen LogP contribution in [-0.2, 0) is 17.6 Å². The first-order chi connectivity index (χ1) is 10.2. The van der Waals surface area contributed by atoms with Crippen LogP contribution in [0.1, 0.15) is 43.2 Å². The maximum absolute atomic E-state index is 12.5. The third-order valence-corrected chi connectivity index (χ3v) is 6.05. The summed E-state index contributed by atoms with van der Waals surface area (Å²) in [7, 11) is 0. The summed E-state index contributed by atoms with van der Waals surface area (Å²) in [6.45, 7) is 0.749. The van der Waals surface area contributed by atoms with E-state index in [1.807, 2.05) is 0 Å². The molecule has 1 aromatic rings. The van der Waals surface area contributed by atoms with Gasteiger partial charge in [0, 0.05) is 29.3 Å². The molecule has 1 aromatic carbocycles. The molecule has 0 radical (unpaired) electrons. The predicted octanol–water partition coefficient (Wildman–Crippen LogP) is 4.32. The lowest BCUT2D eigenvalue weighted by molar-refractivity contribution is -0.119. The number of Topliss-reactive ketones (excluding diaryl/α,β-unsaturated/α-hetero) is 1. The molecule has 0 N–H and O–H groups in total. The summed E-state index contributed by atoms with van der Waals surface area (Å²) in [5.74, 6) is 3.79. The van der Waals surface area contributed by atoms with Crippen molar-refractivity contribution in [1.82, 2.24) is 0 Å². The molecular formula is C18H21BrO2. The lowest BCUT2D eigenvalue weighted by Gasteiger charge is -2.20. The van der Waals surface area contributed by atoms with Crippen LogP contribution in [0.4, 0.5) is 0 Å². The fraction of sp³-hybridized carbons (Fsp3) is 0.611. The fourth-order valence-corrected chi connectivity index (χ4v) is 5.23. The Morgan fingerprint density at radius 2 is 2.19 bits per heavy atom. The molecule has 1 aliphatic heterocycles. The molecule has 0 aromatic heterocycles. The highest BCUT2D eigenvalue weighted by molar-refractivity contribution is 9.10. The molecule has 0 spiro atoms. The molecular weight excluding hydrogens is 328 g/mol. The van der Waals surface area contributed by atoms with Gasteiger partial charge in [-0.3, -0.25) is 4.79 Å². The van der Waals surface area contributed by atoms with Crippen molar-refractivity contribution < 1.29 is 9.53 Å². The van der Waals surface area contributed by atoms with E-state index in [0.29, 0.717) is 18.1 Å². The lowest BCUT2D eigenvalue weighted by atomic mass is 9.84. The van der Waals surface area contributed by atoms with Crippen molar-refractivity contribution >= 4 is 21.7 Å². The highest BCUT2D eigenvalue weighted by Crippen LogP contribution is 2.49. The lowest BCUT2D eigenvalue weighted by Crippen LogP contribution is -2.16. The highest BCUT2D eigenvalue weighted by atomic mass is 79.9. The third-order valence-electron chi connectivity index (χ3n) is 5.59. The molecule has 3 unspecified atom stereocenters. The quantitative estimate of drug-likeness (QED) is 0.809. The Morgan fingerprint density at radius 1 is 1.29 bits per heavy atom. The standard InChI is InChI=1S/C18H21BrO2/c19-16-7-13-3-4-21-18(13)15(8-16)10-17(20)9-14-6-11-1-2-12(14)5-11/h7-8,11-12,14H,1-6,9-10H2. The monoisotopic (exact) mass is 348 g/mol. The van der Waals surface area contributed by atoms with E-state index >= 15 is 0 Å². The van der Waals surface area contributed by atoms with Crippen LogP contribution in [0.5, 0.6) is 5.75 Å². The van der Waals surface area contributed by atoms with E-state index in [1.165, 1.54) is 31.2 Å². The Bertz CT molecular complexity index is 581. The number of ether oxygens (including phenoxy) is 1. The average Bonchev–Trinajstić information content (AvgIpc) is 3.12. The highest BCUT2D eigenvalue weighted by Gasteiger charge is 2.40. The van der Waals surface area contributed by atoms with Crippen molar-refractivity contribution in [2.45, 2.75) is 44.9 Å². The van der Waals surface area contributed by atoms with Crippen LogP contribution in [0.15, 0.2) is 16.6 Å². The van der Waals surface area contributed by atoms with E-state index in [1.54, 1.807) is 0 Å². The third kappa shape index (κ3) is 2.65. The van der Waals surface area contributed by atoms with Gasteiger partial charge in [-0.15, -0.1) is 0 Å². The molecule has 3 atom stereocenters. The van der Waals surface area contributed by atoms with Gasteiger partial charge in [-0.2, -0.15) is 0 Å². The summed E-state index contributed by atoms with van der Waals surface area (Å²) in [4.78, 5) is 12.5. The molecule has 2 nitrogen and oxygen atoms in total. The van der Waals surface area contributed by atoms with E-state index in [0.717, 1.165) is 47.1 Å². The van der Waals surface area contributed by atoms with Gasteiger partial charge in [-0.05, 0) is 54.7 Å². The number of carbonyl (C=O) groups excluding carboxylic acids is 1. The second-order valence-electron chi connectivity index (χ2n) is 7.01. The van der Waals surface area contributed by atoms with E-state index in [2.05, 4.69) is 28.1 Å². The summed E-state index contributed by atoms with van der Waals surface area (Å²) >= 11 is 3.55. The summed E-state index contributed by atoms with van der Waals surface area (Å²) in [5, 5.41) is 0. The second kappa shape index (κ2) is 5.42. The molecule has 2 saturated carbocycles. The molecule has 3 aliphatic rings. The number of hydrogen-bond acceptors (Lipinski definition) is 2. The van der Waals surface area contributed by atoms with E-state index in [-0.39, 0.29) is 0 Å². The van der Waals surface area contributed by atoms with Crippen molar-refractivity contribution in [2.75, 3.05) is 6.61 Å². The van der Waals surface area contributed by atoms with Crippen molar-refractivity contribution in [3.63, 3.8) is 0 Å². The topological polar surface area (TPSA) is 26.3 Å². The molecule has 21 heavy (non-hydrogen) atoms. The predicted molar refractivity (Wildman–Crippen MR) is 85.6 cm³/mol. The Kier molecular flexibility index (Phi) is 3.56. The van der Waals surface area contributed by atoms with Gasteiger partial charge in [0.05, 0.1) is 6.61 Å². The second-order valence-corrected chi connectivity index (χ2v) is 7.92. The first kappa shape index (κ1) is 13.8. The van der Waals surface area contributed by atoms with Crippen molar-refractivity contribution in [3.8, 4) is 5.75 Å². The van der Waals surface area contributed by atoms with E-state index in [4.69, 9.17) is 4.74 Å². The molecule has 2 aliphatic carbocycles. The van der Waals surface area contributed by atoms with Gasteiger partial charge in [-0.1, -0.05) is 22.4 Å². The zero-order chi connectivity index (χ0) is 14.4. The van der Waals surface area contributed by atoms with Crippen LogP contribution < -0.4 is 4.74 Å². The maximum Gasteiger partial charge on any atom is 0.137 e. The number of fused-ring (bicyclic) bond motifs is 3. The van der Waals surface area contributed by atoms with Gasteiger partial charge in [0.15, 0.2) is 0 Å². The van der Waals surface area contributed by atoms with Crippen molar-refractivity contribution in [1.29, 1.82) is 0 Å². The molecule has 4 rings (SSSR count). The summed E-state index contributed by atoms with van der Waals surface area (Å²) in [5.41, 5.74) is 2.32. The van der Waals surface area contributed by atoms with E-state index in [9.17, 15) is 4.79 Å². The minimum absolute atomic E-state index is 0.392. The number of benzene rings is 1. The van der Waals surface area contributed by atoms with Crippen LogP contribution in [0.2, 0.25) is 0 Å². The summed E-state index contributed by atoms with van der Waals surface area (Å²) < 4.78 is 6.80. The molecule has 1 heterocycles. The van der Waals surface area contributed by atoms with E-state index < -0.39 is 0 Å². The number of hydrogen-bond donors (Lipinski definition) is 0. The van der Waals surface area contributed by atoms with Crippen LogP contribution in [0.25, 0.3) is 0 Å². The molecule has 2 fully saturated rings. The van der Waals surface area contributed by atoms with Crippen LogP contribution in [0.3, 0.4) is 0 Å². The van der Waals surface area contributed by atoms with Gasteiger partial charge >= 0.3 is 0 Å². The molecule has 2 bridgehead atoms. The Hall–Kier alpha value is -0.830. The average molecular weight is 349 g/mol. The first-order valence-electron chi connectivity index (χ1n) is 8.15. The van der Waals surface area contributed by atoms with Crippen LogP contribution in [-0.4, -0.2) is 12.4 Å². The van der Waals surface area contributed by atoms with Crippen molar-refractivity contribution in [2.24, 2.45) is 17.8 Å². The van der Waals surface area contributed by atoms with Crippen LogP contribution >= 0.6 is 15.9 Å². The minimum atomic E-state index is 0.392. The zero-order valence-corrected chi connectivity index (χ0v) is 13.8. The van der Waals surface area contributed by atoms with Crippen LogP contribution in [0, 0.1) is 17.8 Å². The first-order valence-corrected chi connectivity index (χ1v) is 8.94. The van der Waals surface area contributed by atoms with Gasteiger partial charge in [0.2, 0.25) is 0 Å². The van der Waals surface area contributed by atoms with Crippen molar-refractivity contribution in [3.05, 3.63) is 27.7 Å². The molecule has 3 heteroatoms. The number of ketones is 1. The normalized spacial score (nSPS) is 29.5. The van der Waals surface area contributed by atoms with Gasteiger partial charge < -0.3 is 4.74 Å².